The highest BCUT2D eigenvalue weighted by molar-refractivity contribution is 7.92. The molecule has 36 heavy (non-hydrogen) atoms. The Balaban J connectivity index is 1.63. The first kappa shape index (κ1) is 26.5. The number of hydrogen-bond donors (Lipinski definition) is 1. The Morgan fingerprint density at radius 3 is 2.22 bits per heavy atom. The summed E-state index contributed by atoms with van der Waals surface area (Å²) in [6, 6.07) is 18.1. The third-order valence-corrected chi connectivity index (χ3v) is 6.59. The molecule has 0 aliphatic heterocycles. The predicted molar refractivity (Wildman–Crippen MR) is 125 cm³/mol. The number of benzene rings is 3. The first-order valence-corrected chi connectivity index (χ1v) is 11.9. The highest BCUT2D eigenvalue weighted by Crippen LogP contribution is 2.25. The monoisotopic (exact) mass is 522 g/mol. The maximum Gasteiger partial charge on any atom is 0.573 e. The molecule has 1 amide bonds. The van der Waals surface area contributed by atoms with Crippen molar-refractivity contribution >= 4 is 33.3 Å². The predicted octanol–water partition coefficient (Wildman–Crippen LogP) is 4.60. The molecule has 0 fully saturated rings. The second-order valence-electron chi connectivity index (χ2n) is 7.23. The molecule has 1 N–H and O–H groups in total. The Hall–Kier alpha value is -4.06. The fourth-order valence-electron chi connectivity index (χ4n) is 3.15. The first-order valence-electron chi connectivity index (χ1n) is 10.5. The number of ether oxygens (including phenoxy) is 2. The minimum absolute atomic E-state index is 0.0818. The van der Waals surface area contributed by atoms with Crippen molar-refractivity contribution < 1.29 is 40.7 Å². The lowest BCUT2D eigenvalue weighted by molar-refractivity contribution is -0.274. The highest BCUT2D eigenvalue weighted by Gasteiger charge is 2.31. The molecule has 3 aromatic carbocycles. The minimum Gasteiger partial charge on any atom is -0.452 e. The molecule has 0 aliphatic rings. The number of hydrogen-bond acceptors (Lipinski definition) is 6. The number of carbonyl (C=O) groups is 2. The third kappa shape index (κ3) is 6.98. The Bertz CT molecular complexity index is 1310. The number of nitrogens with one attached hydrogen (secondary N) is 1. The van der Waals surface area contributed by atoms with Crippen LogP contribution in [0.5, 0.6) is 5.75 Å². The van der Waals surface area contributed by atoms with E-state index in [1.54, 1.807) is 37.3 Å². The fraction of sp³-hybridized carbons (Fsp3) is 0.167. The number of sulfonamides is 1. The minimum atomic E-state index is -4.84. The van der Waals surface area contributed by atoms with Crippen LogP contribution in [0.4, 0.5) is 24.5 Å². The van der Waals surface area contributed by atoms with Crippen LogP contribution < -0.4 is 14.4 Å². The van der Waals surface area contributed by atoms with Gasteiger partial charge in [-0.15, -0.1) is 13.2 Å². The average molecular weight is 523 g/mol. The van der Waals surface area contributed by atoms with Crippen molar-refractivity contribution in [2.24, 2.45) is 0 Å². The number of nitrogens with zero attached hydrogens (tertiary/aromatic N) is 1. The van der Waals surface area contributed by atoms with Crippen LogP contribution in [0.25, 0.3) is 0 Å². The molecule has 0 unspecified atom stereocenters. The van der Waals surface area contributed by atoms with Gasteiger partial charge in [-0.3, -0.25) is 9.10 Å². The summed E-state index contributed by atoms with van der Waals surface area (Å²) in [5.41, 5.74) is 0.531. The van der Waals surface area contributed by atoms with Crippen LogP contribution in [0.1, 0.15) is 17.3 Å². The van der Waals surface area contributed by atoms with Gasteiger partial charge in [-0.05, 0) is 61.5 Å². The molecule has 190 valence electrons. The summed E-state index contributed by atoms with van der Waals surface area (Å²) in [5.74, 6) is -2.15. The van der Waals surface area contributed by atoms with Gasteiger partial charge in [0.2, 0.25) is 0 Å². The van der Waals surface area contributed by atoms with E-state index >= 15 is 0 Å². The topological polar surface area (TPSA) is 102 Å². The first-order chi connectivity index (χ1) is 17.0. The molecular formula is C24H21F3N2O6S. The molecule has 8 nitrogen and oxygen atoms in total. The number of halogens is 3. The molecule has 3 aromatic rings. The molecule has 12 heteroatoms. The van der Waals surface area contributed by atoms with E-state index < -0.39 is 40.6 Å². The van der Waals surface area contributed by atoms with Crippen molar-refractivity contribution in [1.82, 2.24) is 0 Å². The van der Waals surface area contributed by atoms with Gasteiger partial charge in [-0.1, -0.05) is 24.3 Å². The molecule has 0 aliphatic carbocycles. The molecular weight excluding hydrogens is 501 g/mol. The lowest BCUT2D eigenvalue weighted by Crippen LogP contribution is -2.30. The Labute approximate surface area is 205 Å². The molecule has 0 aromatic heterocycles. The zero-order valence-corrected chi connectivity index (χ0v) is 19.7. The van der Waals surface area contributed by atoms with Crippen LogP contribution in [-0.2, 0) is 19.6 Å². The van der Waals surface area contributed by atoms with Crippen molar-refractivity contribution in [3.63, 3.8) is 0 Å². The summed E-state index contributed by atoms with van der Waals surface area (Å²) in [4.78, 5) is 24.4. The number of alkyl halides is 3. The Morgan fingerprint density at radius 1 is 0.944 bits per heavy atom. The molecule has 0 heterocycles. The largest absolute Gasteiger partial charge is 0.573 e. The van der Waals surface area contributed by atoms with Crippen molar-refractivity contribution in [2.45, 2.75) is 18.2 Å². The lowest BCUT2D eigenvalue weighted by Gasteiger charge is -2.23. The SMILES string of the molecule is CCN(c1ccccc1)S(=O)(=O)c1cccc(C(=O)OCC(=O)Nc2ccc(OC(F)(F)F)cc2)c1. The molecule has 0 atom stereocenters. The lowest BCUT2D eigenvalue weighted by atomic mass is 10.2. The number of esters is 1. The summed E-state index contributed by atoms with van der Waals surface area (Å²) < 4.78 is 72.8. The van der Waals surface area contributed by atoms with E-state index in [0.717, 1.165) is 18.2 Å². The number of rotatable bonds is 9. The number of para-hydroxylation sites is 1. The van der Waals surface area contributed by atoms with Gasteiger partial charge in [0.15, 0.2) is 6.61 Å². The van der Waals surface area contributed by atoms with Gasteiger partial charge in [-0.25, -0.2) is 13.2 Å². The van der Waals surface area contributed by atoms with Crippen LogP contribution in [0, 0.1) is 0 Å². The standard InChI is InChI=1S/C24H21F3N2O6S/c1-2-29(19-8-4-3-5-9-19)36(32,33)21-10-6-7-17(15-21)23(31)34-16-22(30)28-18-11-13-20(14-12-18)35-24(25,26)27/h3-15H,2,16H2,1H3,(H,28,30). The van der Waals surface area contributed by atoms with E-state index in [-0.39, 0.29) is 22.7 Å². The van der Waals surface area contributed by atoms with Crippen LogP contribution in [0.3, 0.4) is 0 Å². The normalized spacial score (nSPS) is 11.4. The maximum absolute atomic E-state index is 13.1. The zero-order chi connectivity index (χ0) is 26.3. The van der Waals surface area contributed by atoms with Crippen molar-refractivity contribution in [3.8, 4) is 5.75 Å². The molecule has 0 saturated heterocycles. The summed E-state index contributed by atoms with van der Waals surface area (Å²) in [6.45, 7) is 1.13. The second-order valence-corrected chi connectivity index (χ2v) is 9.09. The van der Waals surface area contributed by atoms with Gasteiger partial charge in [0.25, 0.3) is 15.9 Å². The van der Waals surface area contributed by atoms with Crippen LogP contribution in [-0.4, -0.2) is 39.8 Å². The van der Waals surface area contributed by atoms with Crippen LogP contribution >= 0.6 is 0 Å². The fourth-order valence-corrected chi connectivity index (χ4v) is 4.67. The van der Waals surface area contributed by atoms with E-state index in [4.69, 9.17) is 4.74 Å². The van der Waals surface area contributed by atoms with Gasteiger partial charge in [-0.2, -0.15) is 0 Å². The Kier molecular flexibility index (Phi) is 8.20. The van der Waals surface area contributed by atoms with Crippen LogP contribution in [0.15, 0.2) is 83.8 Å². The Morgan fingerprint density at radius 2 is 1.61 bits per heavy atom. The number of amides is 1. The van der Waals surface area contributed by atoms with E-state index in [2.05, 4.69) is 10.1 Å². The smallest absolute Gasteiger partial charge is 0.452 e. The second kappa shape index (κ2) is 11.1. The van der Waals surface area contributed by atoms with Gasteiger partial charge in [0.05, 0.1) is 16.1 Å². The molecule has 0 bridgehead atoms. The van der Waals surface area contributed by atoms with E-state index in [1.165, 1.54) is 34.6 Å². The van der Waals surface area contributed by atoms with Gasteiger partial charge in [0.1, 0.15) is 5.75 Å². The average Bonchev–Trinajstić information content (AvgIpc) is 2.84. The number of carbonyl (C=O) groups excluding carboxylic acids is 2. The molecule has 0 spiro atoms. The van der Waals surface area contributed by atoms with Gasteiger partial charge < -0.3 is 14.8 Å². The van der Waals surface area contributed by atoms with Gasteiger partial charge in [0, 0.05) is 12.2 Å². The van der Waals surface area contributed by atoms with Crippen molar-refractivity contribution in [2.75, 3.05) is 22.8 Å². The zero-order valence-electron chi connectivity index (χ0n) is 18.9. The molecule has 0 saturated carbocycles. The van der Waals surface area contributed by atoms with E-state index in [1.807, 2.05) is 0 Å². The van der Waals surface area contributed by atoms with Crippen molar-refractivity contribution in [1.29, 1.82) is 0 Å². The quantitative estimate of drug-likeness (QED) is 0.413. The van der Waals surface area contributed by atoms with E-state index in [0.29, 0.717) is 5.69 Å². The summed E-state index contributed by atoms with van der Waals surface area (Å²) in [5, 5.41) is 2.36. The van der Waals surface area contributed by atoms with Crippen LogP contribution in [0.2, 0.25) is 0 Å². The van der Waals surface area contributed by atoms with Crippen molar-refractivity contribution in [3.05, 3.63) is 84.4 Å². The number of anilines is 2. The summed E-state index contributed by atoms with van der Waals surface area (Å²) >= 11 is 0. The summed E-state index contributed by atoms with van der Waals surface area (Å²) in [7, 11) is -3.98. The molecule has 3 rings (SSSR count). The molecule has 0 radical (unpaired) electrons. The maximum atomic E-state index is 13.1. The van der Waals surface area contributed by atoms with Gasteiger partial charge >= 0.3 is 12.3 Å². The third-order valence-electron chi connectivity index (χ3n) is 4.70. The highest BCUT2D eigenvalue weighted by atomic mass is 32.2. The van der Waals surface area contributed by atoms with E-state index in [9.17, 15) is 31.2 Å². The summed E-state index contributed by atoms with van der Waals surface area (Å²) in [6.07, 6.45) is -4.84.